The van der Waals surface area contributed by atoms with Gasteiger partial charge in [-0.2, -0.15) is 15.4 Å². The highest BCUT2D eigenvalue weighted by Gasteiger charge is 2.07. The highest BCUT2D eigenvalue weighted by Crippen LogP contribution is 2.14. The number of aromatic amines is 1. The summed E-state index contributed by atoms with van der Waals surface area (Å²) >= 11 is 0. The lowest BCUT2D eigenvalue weighted by Gasteiger charge is -2.04. The first kappa shape index (κ1) is 9.57. The van der Waals surface area contributed by atoms with Gasteiger partial charge in [0.1, 0.15) is 11.5 Å². The summed E-state index contributed by atoms with van der Waals surface area (Å²) in [5, 5.41) is 13.2. The molecule has 0 amide bonds. The molecule has 0 aliphatic rings. The quantitative estimate of drug-likeness (QED) is 0.775. The number of rotatable bonds is 3. The molecule has 2 heterocycles. The van der Waals surface area contributed by atoms with E-state index in [0.717, 1.165) is 17.9 Å². The highest BCUT2D eigenvalue weighted by molar-refractivity contribution is 5.51. The van der Waals surface area contributed by atoms with Crippen LogP contribution in [0.2, 0.25) is 0 Å². The van der Waals surface area contributed by atoms with E-state index in [9.17, 15) is 0 Å². The molecule has 0 spiro atoms. The fraction of sp³-hybridized carbons (Fsp3) is 0.333. The van der Waals surface area contributed by atoms with Gasteiger partial charge in [0.15, 0.2) is 5.82 Å². The fourth-order valence-electron chi connectivity index (χ4n) is 1.23. The number of aryl methyl sites for hydroxylation is 1. The van der Waals surface area contributed by atoms with E-state index in [0.29, 0.717) is 11.5 Å². The maximum absolute atomic E-state index is 4.37. The molecule has 0 radical (unpaired) electrons. The third-order valence-corrected chi connectivity index (χ3v) is 2.04. The van der Waals surface area contributed by atoms with Crippen LogP contribution in [-0.4, -0.2) is 32.4 Å². The molecule has 0 atom stereocenters. The summed E-state index contributed by atoms with van der Waals surface area (Å²) in [5.41, 5.74) is 1.63. The predicted molar refractivity (Wildman–Crippen MR) is 56.3 cm³/mol. The summed E-state index contributed by atoms with van der Waals surface area (Å²) in [6, 6.07) is 1.92. The van der Waals surface area contributed by atoms with Crippen LogP contribution in [0, 0.1) is 0 Å². The first-order chi connectivity index (χ1) is 7.33. The maximum atomic E-state index is 4.37. The molecule has 0 fully saturated rings. The highest BCUT2D eigenvalue weighted by atomic mass is 15.3. The molecule has 0 unspecified atom stereocenters. The summed E-state index contributed by atoms with van der Waals surface area (Å²) in [6.45, 7) is 2.05. The Morgan fingerprint density at radius 3 is 2.87 bits per heavy atom. The van der Waals surface area contributed by atoms with Crippen molar-refractivity contribution in [3.05, 3.63) is 18.0 Å². The van der Waals surface area contributed by atoms with Gasteiger partial charge in [0.2, 0.25) is 0 Å². The summed E-state index contributed by atoms with van der Waals surface area (Å²) < 4.78 is 0. The zero-order valence-corrected chi connectivity index (χ0v) is 8.65. The van der Waals surface area contributed by atoms with Gasteiger partial charge in [-0.05, 0) is 6.42 Å². The first-order valence-corrected chi connectivity index (χ1v) is 4.75. The number of nitrogens with zero attached hydrogens (tertiary/aromatic N) is 4. The normalized spacial score (nSPS) is 10.3. The van der Waals surface area contributed by atoms with Crippen molar-refractivity contribution in [1.82, 2.24) is 25.4 Å². The zero-order chi connectivity index (χ0) is 10.7. The Hall–Kier alpha value is -1.98. The van der Waals surface area contributed by atoms with E-state index in [-0.39, 0.29) is 0 Å². The van der Waals surface area contributed by atoms with Crippen molar-refractivity contribution in [2.24, 2.45) is 0 Å². The van der Waals surface area contributed by atoms with Crippen molar-refractivity contribution >= 4 is 5.82 Å². The number of hydrogen-bond acceptors (Lipinski definition) is 5. The third-order valence-electron chi connectivity index (χ3n) is 2.04. The van der Waals surface area contributed by atoms with E-state index in [1.54, 1.807) is 6.20 Å². The number of hydrogen-bond donors (Lipinski definition) is 2. The predicted octanol–water partition coefficient (Wildman–Crippen LogP) is 0.866. The lowest BCUT2D eigenvalue weighted by atomic mass is 10.3. The number of aromatic nitrogens is 5. The molecule has 2 rings (SSSR count). The van der Waals surface area contributed by atoms with E-state index in [1.165, 1.54) is 0 Å². The van der Waals surface area contributed by atoms with Crippen molar-refractivity contribution < 1.29 is 0 Å². The van der Waals surface area contributed by atoms with Crippen molar-refractivity contribution in [2.75, 3.05) is 12.4 Å². The van der Waals surface area contributed by atoms with Gasteiger partial charge in [-0.15, -0.1) is 0 Å². The minimum absolute atomic E-state index is 0.590. The van der Waals surface area contributed by atoms with Crippen molar-refractivity contribution in [2.45, 2.75) is 13.3 Å². The largest absolute Gasteiger partial charge is 0.373 e. The van der Waals surface area contributed by atoms with Crippen molar-refractivity contribution in [1.29, 1.82) is 0 Å². The Bertz CT molecular complexity index is 414. The standard InChI is InChI=1S/C9H12N6/c1-3-6-4-8(10-2)13-9(12-6)7-5-11-15-14-7/h4-5H,3H2,1-2H3,(H,10,12,13)(H,11,14,15). The Morgan fingerprint density at radius 2 is 2.27 bits per heavy atom. The van der Waals surface area contributed by atoms with E-state index >= 15 is 0 Å². The van der Waals surface area contributed by atoms with Crippen molar-refractivity contribution in [3.63, 3.8) is 0 Å². The van der Waals surface area contributed by atoms with Gasteiger partial charge in [0.25, 0.3) is 0 Å². The lowest BCUT2D eigenvalue weighted by Crippen LogP contribution is -2.00. The molecular formula is C9H12N6. The molecule has 15 heavy (non-hydrogen) atoms. The van der Waals surface area contributed by atoms with E-state index in [1.807, 2.05) is 20.0 Å². The molecule has 0 aromatic carbocycles. The average Bonchev–Trinajstić information content (AvgIpc) is 2.81. The number of nitrogens with one attached hydrogen (secondary N) is 2. The molecule has 6 heteroatoms. The van der Waals surface area contributed by atoms with Crippen LogP contribution >= 0.6 is 0 Å². The summed E-state index contributed by atoms with van der Waals surface area (Å²) in [7, 11) is 1.83. The van der Waals surface area contributed by atoms with Crippen molar-refractivity contribution in [3.8, 4) is 11.5 Å². The molecule has 2 N–H and O–H groups in total. The molecule has 0 bridgehead atoms. The summed E-state index contributed by atoms with van der Waals surface area (Å²) in [6.07, 6.45) is 2.47. The first-order valence-electron chi connectivity index (χ1n) is 4.75. The molecule has 0 saturated carbocycles. The minimum atomic E-state index is 0.590. The van der Waals surface area contributed by atoms with Gasteiger partial charge in [-0.1, -0.05) is 6.92 Å². The SMILES string of the molecule is CCc1cc(NC)nc(-c2cn[nH]n2)n1. The molecule has 2 aromatic rings. The van der Waals surface area contributed by atoms with E-state index in [2.05, 4.69) is 30.7 Å². The second-order valence-corrected chi connectivity index (χ2v) is 3.03. The summed E-state index contributed by atoms with van der Waals surface area (Å²) in [4.78, 5) is 8.67. The Kier molecular flexibility index (Phi) is 2.57. The smallest absolute Gasteiger partial charge is 0.183 e. The fourth-order valence-corrected chi connectivity index (χ4v) is 1.23. The van der Waals surface area contributed by atoms with Gasteiger partial charge in [-0.3, -0.25) is 0 Å². The average molecular weight is 204 g/mol. The van der Waals surface area contributed by atoms with Gasteiger partial charge in [0, 0.05) is 18.8 Å². The van der Waals surface area contributed by atoms with Crippen LogP contribution in [0.5, 0.6) is 0 Å². The van der Waals surface area contributed by atoms with Crippen LogP contribution in [0.3, 0.4) is 0 Å². The number of anilines is 1. The van der Waals surface area contributed by atoms with Gasteiger partial charge in [-0.25, -0.2) is 9.97 Å². The monoisotopic (exact) mass is 204 g/mol. The minimum Gasteiger partial charge on any atom is -0.373 e. The van der Waals surface area contributed by atoms with E-state index in [4.69, 9.17) is 0 Å². The summed E-state index contributed by atoms with van der Waals surface area (Å²) in [5.74, 6) is 1.38. The maximum Gasteiger partial charge on any atom is 0.183 e. The Labute approximate surface area is 87.2 Å². The second kappa shape index (κ2) is 4.04. The van der Waals surface area contributed by atoms with Crippen LogP contribution in [0.15, 0.2) is 12.3 Å². The molecule has 0 aliphatic carbocycles. The lowest BCUT2D eigenvalue weighted by molar-refractivity contribution is 0.934. The molecule has 6 nitrogen and oxygen atoms in total. The molecule has 2 aromatic heterocycles. The third kappa shape index (κ3) is 1.93. The Balaban J connectivity index is 2.47. The zero-order valence-electron chi connectivity index (χ0n) is 8.65. The van der Waals surface area contributed by atoms with Gasteiger partial charge >= 0.3 is 0 Å². The molecular weight excluding hydrogens is 192 g/mol. The molecule has 78 valence electrons. The van der Waals surface area contributed by atoms with Crippen LogP contribution in [0.25, 0.3) is 11.5 Å². The molecule has 0 aliphatic heterocycles. The van der Waals surface area contributed by atoms with Crippen LogP contribution < -0.4 is 5.32 Å². The van der Waals surface area contributed by atoms with Gasteiger partial charge < -0.3 is 5.32 Å². The van der Waals surface area contributed by atoms with Crippen LogP contribution in [-0.2, 0) is 6.42 Å². The second-order valence-electron chi connectivity index (χ2n) is 3.03. The molecule has 0 saturated heterocycles. The van der Waals surface area contributed by atoms with Gasteiger partial charge in [0.05, 0.1) is 6.20 Å². The van der Waals surface area contributed by atoms with Crippen LogP contribution in [0.4, 0.5) is 5.82 Å². The Morgan fingerprint density at radius 1 is 1.40 bits per heavy atom. The van der Waals surface area contributed by atoms with Crippen LogP contribution in [0.1, 0.15) is 12.6 Å². The number of H-pyrrole nitrogens is 1. The topological polar surface area (TPSA) is 79.4 Å². The van der Waals surface area contributed by atoms with E-state index < -0.39 is 0 Å².